The van der Waals surface area contributed by atoms with E-state index in [9.17, 15) is 38.9 Å². The number of amides is 5. The number of nitro groups is 1. The molecule has 0 radical (unpaired) electrons. The van der Waals surface area contributed by atoms with Crippen LogP contribution in [0.25, 0.3) is 0 Å². The highest BCUT2D eigenvalue weighted by molar-refractivity contribution is 5.98. The molecule has 0 bridgehead atoms. The predicted molar refractivity (Wildman–Crippen MR) is 217 cm³/mol. The SMILES string of the molecule is CC(C)[C@H](CC(=O)OCc1ccccc1)C(=O)N[C@@H](CCCNC(N)=O)C(=O)Nc1ccc(COC(=O)Nc2ccc(COC(=O)Oc3ccc([N+](=O)[O-])cc3)cc2)cc1. The van der Waals surface area contributed by atoms with Gasteiger partial charge in [-0.2, -0.15) is 0 Å². The van der Waals surface area contributed by atoms with Crippen LogP contribution in [-0.2, 0) is 48.4 Å². The molecule has 18 heteroatoms. The normalized spacial score (nSPS) is 11.6. The molecule has 0 saturated carbocycles. The quantitative estimate of drug-likeness (QED) is 0.0163. The predicted octanol–water partition coefficient (Wildman–Crippen LogP) is 6.34. The number of primary amides is 1. The lowest BCUT2D eigenvalue weighted by Crippen LogP contribution is -2.47. The smallest absolute Gasteiger partial charge is 0.461 e. The van der Waals surface area contributed by atoms with Gasteiger partial charge in [-0.15, -0.1) is 0 Å². The van der Waals surface area contributed by atoms with Crippen molar-refractivity contribution < 1.29 is 52.6 Å². The Hall–Kier alpha value is -7.50. The van der Waals surface area contributed by atoms with Gasteiger partial charge in [-0.3, -0.25) is 29.8 Å². The van der Waals surface area contributed by atoms with Gasteiger partial charge in [-0.05, 0) is 71.8 Å². The number of nitro benzene ring substituents is 1. The molecule has 4 aromatic rings. The summed E-state index contributed by atoms with van der Waals surface area (Å²) < 4.78 is 20.8. The van der Waals surface area contributed by atoms with E-state index in [-0.39, 0.29) is 56.6 Å². The Morgan fingerprint density at radius 1 is 0.700 bits per heavy atom. The van der Waals surface area contributed by atoms with Crippen LogP contribution < -0.4 is 31.7 Å². The van der Waals surface area contributed by atoms with Crippen LogP contribution in [0.5, 0.6) is 5.75 Å². The van der Waals surface area contributed by atoms with Gasteiger partial charge in [-0.25, -0.2) is 14.4 Å². The lowest BCUT2D eigenvalue weighted by atomic mass is 9.91. The maximum absolute atomic E-state index is 13.5. The first-order valence-electron chi connectivity index (χ1n) is 18.8. The van der Waals surface area contributed by atoms with E-state index in [0.29, 0.717) is 28.9 Å². The molecule has 60 heavy (non-hydrogen) atoms. The Bertz CT molecular complexity index is 2080. The molecular weight excluding hydrogens is 780 g/mol. The summed E-state index contributed by atoms with van der Waals surface area (Å²) in [6, 6.07) is 25.2. The number of hydrogen-bond donors (Lipinski definition) is 5. The molecule has 0 spiro atoms. The Kier molecular flexibility index (Phi) is 17.4. The van der Waals surface area contributed by atoms with Gasteiger partial charge >= 0.3 is 24.2 Å². The molecule has 18 nitrogen and oxygen atoms in total. The van der Waals surface area contributed by atoms with Crippen molar-refractivity contribution in [2.45, 2.75) is 59.0 Å². The van der Waals surface area contributed by atoms with E-state index < -0.39 is 52.9 Å². The Morgan fingerprint density at radius 3 is 1.85 bits per heavy atom. The van der Waals surface area contributed by atoms with Gasteiger partial charge in [0.15, 0.2) is 0 Å². The molecule has 2 atom stereocenters. The van der Waals surface area contributed by atoms with Crippen LogP contribution in [-0.4, -0.2) is 53.6 Å². The minimum absolute atomic E-state index is 0.0648. The molecular formula is C42H46N6O12. The topological polar surface area (TPSA) is 257 Å². The number of nitrogens with one attached hydrogen (secondary N) is 4. The average Bonchev–Trinajstić information content (AvgIpc) is 3.23. The van der Waals surface area contributed by atoms with Gasteiger partial charge in [0.25, 0.3) is 5.69 Å². The molecule has 4 aromatic carbocycles. The van der Waals surface area contributed by atoms with Gasteiger partial charge in [0.05, 0.1) is 17.3 Å². The first-order chi connectivity index (χ1) is 28.7. The van der Waals surface area contributed by atoms with Crippen molar-refractivity contribution in [2.75, 3.05) is 17.2 Å². The van der Waals surface area contributed by atoms with Crippen molar-refractivity contribution in [1.29, 1.82) is 0 Å². The fourth-order valence-electron chi connectivity index (χ4n) is 5.48. The molecule has 0 saturated heterocycles. The number of anilines is 2. The number of nitrogens with zero attached hydrogens (tertiary/aromatic N) is 1. The number of carbonyl (C=O) groups is 6. The number of non-ortho nitro benzene ring substituents is 1. The molecule has 0 unspecified atom stereocenters. The lowest BCUT2D eigenvalue weighted by molar-refractivity contribution is -0.384. The van der Waals surface area contributed by atoms with Crippen LogP contribution in [0.2, 0.25) is 0 Å². The zero-order valence-corrected chi connectivity index (χ0v) is 32.9. The highest BCUT2D eigenvalue weighted by Gasteiger charge is 2.30. The maximum atomic E-state index is 13.5. The van der Waals surface area contributed by atoms with Gasteiger partial charge in [0.2, 0.25) is 11.8 Å². The van der Waals surface area contributed by atoms with Crippen LogP contribution in [0, 0.1) is 22.0 Å². The number of esters is 1. The second-order valence-electron chi connectivity index (χ2n) is 13.7. The van der Waals surface area contributed by atoms with Crippen molar-refractivity contribution in [1.82, 2.24) is 10.6 Å². The first-order valence-corrected chi connectivity index (χ1v) is 18.8. The number of ether oxygens (including phenoxy) is 4. The summed E-state index contributed by atoms with van der Waals surface area (Å²) in [6.45, 7) is 3.59. The van der Waals surface area contributed by atoms with Crippen LogP contribution >= 0.6 is 0 Å². The van der Waals surface area contributed by atoms with Crippen LogP contribution in [0.1, 0.15) is 49.8 Å². The van der Waals surface area contributed by atoms with Gasteiger partial charge < -0.3 is 40.6 Å². The Labute approximate surface area is 345 Å². The third-order valence-electron chi connectivity index (χ3n) is 8.77. The molecule has 5 amide bonds. The second kappa shape index (κ2) is 23.0. The van der Waals surface area contributed by atoms with Crippen LogP contribution in [0.15, 0.2) is 103 Å². The summed E-state index contributed by atoms with van der Waals surface area (Å²) in [5, 5.41) is 21.4. The third kappa shape index (κ3) is 15.8. The molecule has 0 heterocycles. The summed E-state index contributed by atoms with van der Waals surface area (Å²) in [4.78, 5) is 85.4. The fraction of sp³-hybridized carbons (Fsp3) is 0.286. The number of urea groups is 1. The number of benzene rings is 4. The second-order valence-corrected chi connectivity index (χ2v) is 13.7. The third-order valence-corrected chi connectivity index (χ3v) is 8.77. The van der Waals surface area contributed by atoms with E-state index >= 15 is 0 Å². The van der Waals surface area contributed by atoms with Gasteiger partial charge in [0.1, 0.15) is 31.6 Å². The minimum atomic E-state index is -1.02. The molecule has 0 fully saturated rings. The molecule has 0 aliphatic heterocycles. The Morgan fingerprint density at radius 2 is 1.27 bits per heavy atom. The van der Waals surface area contributed by atoms with E-state index in [1.54, 1.807) is 62.4 Å². The zero-order valence-electron chi connectivity index (χ0n) is 32.9. The zero-order chi connectivity index (χ0) is 43.4. The first kappa shape index (κ1) is 45.2. The average molecular weight is 827 g/mol. The molecule has 0 aliphatic carbocycles. The van der Waals surface area contributed by atoms with Crippen LogP contribution in [0.3, 0.4) is 0 Å². The van der Waals surface area contributed by atoms with Gasteiger partial charge in [-0.1, -0.05) is 68.4 Å². The summed E-state index contributed by atoms with van der Waals surface area (Å²) in [5.74, 6) is -2.53. The van der Waals surface area contributed by atoms with E-state index in [1.807, 2.05) is 30.3 Å². The van der Waals surface area contributed by atoms with Crippen molar-refractivity contribution in [3.05, 3.63) is 130 Å². The summed E-state index contributed by atoms with van der Waals surface area (Å²) in [6.07, 6.45) is -1.46. The molecule has 6 N–H and O–H groups in total. The van der Waals surface area contributed by atoms with Crippen molar-refractivity contribution >= 4 is 53.1 Å². The largest absolute Gasteiger partial charge is 0.514 e. The number of hydrogen-bond acceptors (Lipinski definition) is 12. The maximum Gasteiger partial charge on any atom is 0.514 e. The monoisotopic (exact) mass is 826 g/mol. The highest BCUT2D eigenvalue weighted by atomic mass is 16.7. The van der Waals surface area contributed by atoms with Crippen molar-refractivity contribution in [3.8, 4) is 5.75 Å². The molecule has 316 valence electrons. The van der Waals surface area contributed by atoms with Crippen molar-refractivity contribution in [2.24, 2.45) is 17.6 Å². The standard InChI is InChI=1S/C42H46N6O12/c1-27(2)35(23-37(49)57-24-28-7-4-3-5-8-28)38(50)47-36(9-6-22-44-40(43)52)39(51)45-31-14-10-29(11-15-31)25-58-41(53)46-32-16-12-30(13-17-32)26-59-42(54)60-34-20-18-33(19-21-34)48(55)56/h3-5,7-8,10-21,27,35-36H,6,9,22-26H2,1-2H3,(H,45,51)(H,46,53)(H,47,50)(H3,43,44,52)/t35-,36-/m0/s1. The van der Waals surface area contributed by atoms with E-state index in [2.05, 4.69) is 21.3 Å². The minimum Gasteiger partial charge on any atom is -0.461 e. The summed E-state index contributed by atoms with van der Waals surface area (Å²) >= 11 is 0. The lowest BCUT2D eigenvalue weighted by Gasteiger charge is -2.24. The van der Waals surface area contributed by atoms with Crippen molar-refractivity contribution in [3.63, 3.8) is 0 Å². The van der Waals surface area contributed by atoms with E-state index in [0.717, 1.165) is 5.56 Å². The Balaban J connectivity index is 1.24. The van der Waals surface area contributed by atoms with E-state index in [4.69, 9.17) is 24.7 Å². The molecule has 0 aliphatic rings. The number of carbonyl (C=O) groups excluding carboxylic acids is 6. The number of rotatable bonds is 20. The summed E-state index contributed by atoms with van der Waals surface area (Å²) in [5.41, 5.74) is 7.82. The molecule has 0 aromatic heterocycles. The summed E-state index contributed by atoms with van der Waals surface area (Å²) in [7, 11) is 0. The van der Waals surface area contributed by atoms with Gasteiger partial charge in [0, 0.05) is 30.1 Å². The molecule has 4 rings (SSSR count). The highest BCUT2D eigenvalue weighted by Crippen LogP contribution is 2.20. The fourth-order valence-corrected chi connectivity index (χ4v) is 5.48. The number of nitrogens with two attached hydrogens (primary N) is 1. The van der Waals surface area contributed by atoms with Crippen LogP contribution in [0.4, 0.5) is 31.4 Å². The van der Waals surface area contributed by atoms with E-state index in [1.165, 1.54) is 24.3 Å².